The van der Waals surface area contributed by atoms with Crippen molar-refractivity contribution >= 4 is 17.6 Å². The standard InChI is InChI=1S/C12H17ClN2O2/c1-15(7-8-16)12(17)14-6-5-10-3-2-4-11(13)9-10/h2-4,9,16H,5-8H2,1H3,(H,14,17). The van der Waals surface area contributed by atoms with Crippen LogP contribution in [0.4, 0.5) is 4.79 Å². The molecular weight excluding hydrogens is 240 g/mol. The van der Waals surface area contributed by atoms with E-state index < -0.39 is 0 Å². The number of aliphatic hydroxyl groups is 1. The molecule has 2 amide bonds. The smallest absolute Gasteiger partial charge is 0.317 e. The summed E-state index contributed by atoms with van der Waals surface area (Å²) in [4.78, 5) is 12.9. The molecule has 0 aliphatic heterocycles. The second-order valence-electron chi connectivity index (χ2n) is 3.76. The number of hydrogen-bond acceptors (Lipinski definition) is 2. The highest BCUT2D eigenvalue weighted by Crippen LogP contribution is 2.10. The van der Waals surface area contributed by atoms with Crippen molar-refractivity contribution in [2.24, 2.45) is 0 Å². The van der Waals surface area contributed by atoms with Gasteiger partial charge in [-0.1, -0.05) is 23.7 Å². The number of hydrogen-bond donors (Lipinski definition) is 2. The maximum atomic E-state index is 11.5. The lowest BCUT2D eigenvalue weighted by atomic mass is 10.1. The van der Waals surface area contributed by atoms with E-state index in [2.05, 4.69) is 5.32 Å². The van der Waals surface area contributed by atoms with Crippen molar-refractivity contribution in [3.8, 4) is 0 Å². The third-order valence-electron chi connectivity index (χ3n) is 2.36. The number of halogens is 1. The fourth-order valence-corrected chi connectivity index (χ4v) is 1.61. The van der Waals surface area contributed by atoms with E-state index in [1.807, 2.05) is 24.3 Å². The lowest BCUT2D eigenvalue weighted by Gasteiger charge is -2.16. The molecule has 0 spiro atoms. The Hall–Kier alpha value is -1.26. The summed E-state index contributed by atoms with van der Waals surface area (Å²) in [5.41, 5.74) is 1.09. The maximum absolute atomic E-state index is 11.5. The number of carbonyl (C=O) groups excluding carboxylic acids is 1. The van der Waals surface area contributed by atoms with Gasteiger partial charge < -0.3 is 15.3 Å². The molecule has 0 bridgehead atoms. The Morgan fingerprint density at radius 3 is 2.94 bits per heavy atom. The Balaban J connectivity index is 2.30. The summed E-state index contributed by atoms with van der Waals surface area (Å²) >= 11 is 5.85. The summed E-state index contributed by atoms with van der Waals surface area (Å²) in [6, 6.07) is 7.37. The minimum absolute atomic E-state index is 0.0296. The van der Waals surface area contributed by atoms with Crippen molar-refractivity contribution in [1.29, 1.82) is 0 Å². The molecule has 0 aliphatic rings. The lowest BCUT2D eigenvalue weighted by molar-refractivity contribution is 0.190. The predicted molar refractivity (Wildman–Crippen MR) is 68.3 cm³/mol. The highest BCUT2D eigenvalue weighted by molar-refractivity contribution is 6.30. The SMILES string of the molecule is CN(CCO)C(=O)NCCc1cccc(Cl)c1. The molecule has 0 saturated heterocycles. The largest absolute Gasteiger partial charge is 0.395 e. The van der Waals surface area contributed by atoms with Crippen molar-refractivity contribution in [1.82, 2.24) is 10.2 Å². The van der Waals surface area contributed by atoms with Crippen LogP contribution < -0.4 is 5.32 Å². The molecule has 2 N–H and O–H groups in total. The van der Waals surface area contributed by atoms with E-state index >= 15 is 0 Å². The molecule has 0 fully saturated rings. The van der Waals surface area contributed by atoms with Crippen LogP contribution in [0.25, 0.3) is 0 Å². The van der Waals surface area contributed by atoms with Crippen molar-refractivity contribution in [2.75, 3.05) is 26.7 Å². The Morgan fingerprint density at radius 2 is 2.29 bits per heavy atom. The topological polar surface area (TPSA) is 52.6 Å². The van der Waals surface area contributed by atoms with E-state index in [0.29, 0.717) is 18.1 Å². The van der Waals surface area contributed by atoms with Crippen LogP contribution in [-0.4, -0.2) is 42.8 Å². The molecule has 1 aromatic carbocycles. The third kappa shape index (κ3) is 5.06. The third-order valence-corrected chi connectivity index (χ3v) is 2.60. The van der Waals surface area contributed by atoms with Gasteiger partial charge in [0.1, 0.15) is 0 Å². The molecular formula is C12H17ClN2O2. The number of nitrogens with one attached hydrogen (secondary N) is 1. The molecule has 0 radical (unpaired) electrons. The van der Waals surface area contributed by atoms with E-state index in [-0.39, 0.29) is 12.6 Å². The van der Waals surface area contributed by atoms with E-state index in [1.54, 1.807) is 7.05 Å². The molecule has 0 atom stereocenters. The van der Waals surface area contributed by atoms with Crippen molar-refractivity contribution in [3.05, 3.63) is 34.9 Å². The normalized spacial score (nSPS) is 10.1. The Kier molecular flexibility index (Phi) is 5.80. The minimum Gasteiger partial charge on any atom is -0.395 e. The predicted octanol–water partition coefficient (Wildman–Crippen LogP) is 1.52. The first-order chi connectivity index (χ1) is 8.13. The quantitative estimate of drug-likeness (QED) is 0.839. The van der Waals surface area contributed by atoms with Crippen LogP contribution in [-0.2, 0) is 6.42 Å². The number of nitrogens with zero attached hydrogens (tertiary/aromatic N) is 1. The molecule has 17 heavy (non-hydrogen) atoms. The van der Waals surface area contributed by atoms with Crippen LogP contribution in [0.5, 0.6) is 0 Å². The first-order valence-corrected chi connectivity index (χ1v) is 5.85. The zero-order chi connectivity index (χ0) is 12.7. The Bertz CT molecular complexity index is 371. The van der Waals surface area contributed by atoms with Crippen LogP contribution in [0, 0.1) is 0 Å². The van der Waals surface area contributed by atoms with Gasteiger partial charge in [-0.15, -0.1) is 0 Å². The molecule has 0 saturated carbocycles. The average molecular weight is 257 g/mol. The van der Waals surface area contributed by atoms with Gasteiger partial charge in [0.05, 0.1) is 6.61 Å². The second-order valence-corrected chi connectivity index (χ2v) is 4.19. The minimum atomic E-state index is -0.180. The highest BCUT2D eigenvalue weighted by atomic mass is 35.5. The number of likely N-dealkylation sites (N-methyl/N-ethyl adjacent to an activating group) is 1. The molecule has 0 aliphatic carbocycles. The summed E-state index contributed by atoms with van der Waals surface area (Å²) in [6.45, 7) is 0.857. The van der Waals surface area contributed by atoms with E-state index in [4.69, 9.17) is 16.7 Å². The van der Waals surface area contributed by atoms with Gasteiger partial charge in [-0.3, -0.25) is 0 Å². The zero-order valence-electron chi connectivity index (χ0n) is 9.82. The van der Waals surface area contributed by atoms with Gasteiger partial charge in [0.25, 0.3) is 0 Å². The van der Waals surface area contributed by atoms with Gasteiger partial charge in [0.2, 0.25) is 0 Å². The fourth-order valence-electron chi connectivity index (χ4n) is 1.39. The van der Waals surface area contributed by atoms with Gasteiger partial charge in [0, 0.05) is 25.2 Å². The molecule has 94 valence electrons. The second kappa shape index (κ2) is 7.14. The first-order valence-electron chi connectivity index (χ1n) is 5.47. The molecule has 0 unspecified atom stereocenters. The molecule has 1 rings (SSSR count). The highest BCUT2D eigenvalue weighted by Gasteiger charge is 2.06. The van der Waals surface area contributed by atoms with Crippen LogP contribution in [0.1, 0.15) is 5.56 Å². The van der Waals surface area contributed by atoms with Crippen LogP contribution in [0.15, 0.2) is 24.3 Å². The maximum Gasteiger partial charge on any atom is 0.317 e. The number of urea groups is 1. The van der Waals surface area contributed by atoms with Gasteiger partial charge in [-0.2, -0.15) is 0 Å². The molecule has 5 heteroatoms. The Morgan fingerprint density at radius 1 is 1.53 bits per heavy atom. The molecule has 0 heterocycles. The fraction of sp³-hybridized carbons (Fsp3) is 0.417. The van der Waals surface area contributed by atoms with Gasteiger partial charge >= 0.3 is 6.03 Å². The summed E-state index contributed by atoms with van der Waals surface area (Å²) in [6.07, 6.45) is 0.735. The van der Waals surface area contributed by atoms with Crippen LogP contribution >= 0.6 is 11.6 Å². The molecule has 0 aromatic heterocycles. The number of amides is 2. The summed E-state index contributed by atoms with van der Waals surface area (Å²) in [7, 11) is 1.64. The summed E-state index contributed by atoms with van der Waals surface area (Å²) in [5.74, 6) is 0. The van der Waals surface area contributed by atoms with Crippen LogP contribution in [0.2, 0.25) is 5.02 Å². The number of benzene rings is 1. The van der Waals surface area contributed by atoms with E-state index in [0.717, 1.165) is 12.0 Å². The lowest BCUT2D eigenvalue weighted by Crippen LogP contribution is -2.39. The summed E-state index contributed by atoms with van der Waals surface area (Å²) < 4.78 is 0. The average Bonchev–Trinajstić information content (AvgIpc) is 2.29. The van der Waals surface area contributed by atoms with Crippen LogP contribution in [0.3, 0.4) is 0 Å². The molecule has 4 nitrogen and oxygen atoms in total. The van der Waals surface area contributed by atoms with E-state index in [1.165, 1.54) is 4.90 Å². The van der Waals surface area contributed by atoms with Gasteiger partial charge in [0.15, 0.2) is 0 Å². The molecule has 1 aromatic rings. The monoisotopic (exact) mass is 256 g/mol. The van der Waals surface area contributed by atoms with Gasteiger partial charge in [-0.25, -0.2) is 4.79 Å². The Labute approximate surface area is 106 Å². The van der Waals surface area contributed by atoms with Gasteiger partial charge in [-0.05, 0) is 24.1 Å². The number of aliphatic hydroxyl groups excluding tert-OH is 1. The van der Waals surface area contributed by atoms with E-state index in [9.17, 15) is 4.79 Å². The summed E-state index contributed by atoms with van der Waals surface area (Å²) in [5, 5.41) is 12.2. The number of carbonyl (C=O) groups is 1. The number of rotatable bonds is 5. The van der Waals surface area contributed by atoms with Crippen molar-refractivity contribution < 1.29 is 9.90 Å². The van der Waals surface area contributed by atoms with Crippen molar-refractivity contribution in [3.63, 3.8) is 0 Å². The zero-order valence-corrected chi connectivity index (χ0v) is 10.6. The first kappa shape index (κ1) is 13.8. The van der Waals surface area contributed by atoms with Crippen molar-refractivity contribution in [2.45, 2.75) is 6.42 Å².